The van der Waals surface area contributed by atoms with E-state index in [9.17, 15) is 13.2 Å². The average Bonchev–Trinajstić information content (AvgIpc) is 2.91. The van der Waals surface area contributed by atoms with Crippen LogP contribution in [0.1, 0.15) is 18.4 Å². The number of carbonyl (C=O) groups is 1. The van der Waals surface area contributed by atoms with E-state index < -0.39 is 9.84 Å². The summed E-state index contributed by atoms with van der Waals surface area (Å²) in [6.07, 6.45) is 1.66. The van der Waals surface area contributed by atoms with Crippen LogP contribution in [0, 0.1) is 0 Å². The van der Waals surface area contributed by atoms with Gasteiger partial charge < -0.3 is 4.90 Å². The topological polar surface area (TPSA) is 54.5 Å². The van der Waals surface area contributed by atoms with Gasteiger partial charge in [0.2, 0.25) is 5.91 Å². The Balaban J connectivity index is 1.59. The highest BCUT2D eigenvalue weighted by Gasteiger charge is 2.49. The summed E-state index contributed by atoms with van der Waals surface area (Å²) in [7, 11) is -2.94. The van der Waals surface area contributed by atoms with Crippen LogP contribution in [0.2, 0.25) is 5.02 Å². The lowest BCUT2D eigenvalue weighted by Crippen LogP contribution is -2.44. The van der Waals surface area contributed by atoms with Gasteiger partial charge in [-0.25, -0.2) is 8.42 Å². The molecule has 2 aliphatic rings. The molecule has 0 aromatic heterocycles. The molecule has 2 fully saturated rings. The highest BCUT2D eigenvalue weighted by atomic mass is 35.5. The SMILES string of the molecule is O=C(CCc1cccc(Cl)c1)N1CC2CC1CS2(=O)=O. The fourth-order valence-corrected chi connectivity index (χ4v) is 5.33. The van der Waals surface area contributed by atoms with Crippen molar-refractivity contribution in [1.82, 2.24) is 4.90 Å². The molecule has 6 heteroatoms. The van der Waals surface area contributed by atoms with E-state index in [1.807, 2.05) is 18.2 Å². The molecule has 2 unspecified atom stereocenters. The minimum Gasteiger partial charge on any atom is -0.337 e. The van der Waals surface area contributed by atoms with E-state index in [-0.39, 0.29) is 23.0 Å². The summed E-state index contributed by atoms with van der Waals surface area (Å²) < 4.78 is 23.3. The number of halogens is 1. The van der Waals surface area contributed by atoms with Crippen LogP contribution in [0.3, 0.4) is 0 Å². The lowest BCUT2D eigenvalue weighted by molar-refractivity contribution is -0.131. The van der Waals surface area contributed by atoms with Crippen molar-refractivity contribution in [2.75, 3.05) is 12.3 Å². The normalized spacial score (nSPS) is 26.9. The molecule has 2 bridgehead atoms. The van der Waals surface area contributed by atoms with E-state index in [1.54, 1.807) is 11.0 Å². The van der Waals surface area contributed by atoms with Crippen molar-refractivity contribution >= 4 is 27.3 Å². The maximum atomic E-state index is 12.2. The van der Waals surface area contributed by atoms with Crippen molar-refractivity contribution in [3.05, 3.63) is 34.9 Å². The number of sulfone groups is 1. The van der Waals surface area contributed by atoms with Crippen molar-refractivity contribution in [2.24, 2.45) is 0 Å². The molecule has 2 atom stereocenters. The van der Waals surface area contributed by atoms with Crippen molar-refractivity contribution in [1.29, 1.82) is 0 Å². The molecule has 4 nitrogen and oxygen atoms in total. The molecule has 0 N–H and O–H groups in total. The fraction of sp³-hybridized carbons (Fsp3) is 0.500. The van der Waals surface area contributed by atoms with Gasteiger partial charge in [-0.15, -0.1) is 0 Å². The largest absolute Gasteiger partial charge is 0.337 e. The second-order valence-electron chi connectivity index (χ2n) is 5.52. The van der Waals surface area contributed by atoms with Gasteiger partial charge >= 0.3 is 0 Å². The van der Waals surface area contributed by atoms with Gasteiger partial charge in [-0.1, -0.05) is 23.7 Å². The maximum Gasteiger partial charge on any atom is 0.223 e. The van der Waals surface area contributed by atoms with E-state index >= 15 is 0 Å². The van der Waals surface area contributed by atoms with Crippen LogP contribution in [0.5, 0.6) is 0 Å². The summed E-state index contributed by atoms with van der Waals surface area (Å²) in [6, 6.07) is 7.37. The monoisotopic (exact) mass is 313 g/mol. The van der Waals surface area contributed by atoms with Crippen LogP contribution < -0.4 is 0 Å². The predicted molar refractivity (Wildman–Crippen MR) is 77.5 cm³/mol. The van der Waals surface area contributed by atoms with E-state index in [4.69, 9.17) is 11.6 Å². The number of likely N-dealkylation sites (tertiary alicyclic amines) is 1. The Morgan fingerprint density at radius 2 is 2.20 bits per heavy atom. The molecule has 0 aliphatic carbocycles. The number of benzene rings is 1. The zero-order valence-corrected chi connectivity index (χ0v) is 12.5. The van der Waals surface area contributed by atoms with Crippen LogP contribution in [0.25, 0.3) is 0 Å². The Hall–Kier alpha value is -1.07. The minimum absolute atomic E-state index is 0.0485. The quantitative estimate of drug-likeness (QED) is 0.853. The number of hydrogen-bond donors (Lipinski definition) is 0. The Labute approximate surface area is 123 Å². The first kappa shape index (κ1) is 13.9. The zero-order valence-electron chi connectivity index (χ0n) is 11.0. The standard InChI is InChI=1S/C14H16ClNO3S/c15-11-3-1-2-10(6-11)4-5-14(17)16-8-13-7-12(16)9-20(13,18)19/h1-3,6,12-13H,4-5,7-9H2. The first-order valence-electron chi connectivity index (χ1n) is 6.71. The van der Waals surface area contributed by atoms with Gasteiger partial charge in [-0.3, -0.25) is 4.79 Å². The van der Waals surface area contributed by atoms with E-state index in [0.717, 1.165) is 5.56 Å². The summed E-state index contributed by atoms with van der Waals surface area (Å²) >= 11 is 5.91. The second kappa shape index (κ2) is 5.04. The summed E-state index contributed by atoms with van der Waals surface area (Å²) in [4.78, 5) is 13.9. The maximum absolute atomic E-state index is 12.2. The lowest BCUT2D eigenvalue weighted by Gasteiger charge is -2.26. The molecule has 20 heavy (non-hydrogen) atoms. The number of fused-ring (bicyclic) bond motifs is 2. The summed E-state index contributed by atoms with van der Waals surface area (Å²) in [5, 5.41) is 0.337. The fourth-order valence-electron chi connectivity index (χ4n) is 3.09. The number of carbonyl (C=O) groups excluding carboxylic acids is 1. The zero-order chi connectivity index (χ0) is 14.3. The molecular weight excluding hydrogens is 298 g/mol. The van der Waals surface area contributed by atoms with Gasteiger partial charge in [0.05, 0.1) is 11.0 Å². The van der Waals surface area contributed by atoms with E-state index in [1.165, 1.54) is 0 Å². The number of amides is 1. The van der Waals surface area contributed by atoms with Gasteiger partial charge in [-0.05, 0) is 30.5 Å². The van der Waals surface area contributed by atoms with Crippen LogP contribution in [0.15, 0.2) is 24.3 Å². The minimum atomic E-state index is -2.94. The Kier molecular flexibility index (Phi) is 3.50. The molecular formula is C14H16ClNO3S. The first-order chi connectivity index (χ1) is 9.45. The average molecular weight is 314 g/mol. The molecule has 0 radical (unpaired) electrons. The van der Waals surface area contributed by atoms with E-state index in [0.29, 0.717) is 30.8 Å². The third-order valence-corrected chi connectivity index (χ3v) is 6.59. The van der Waals surface area contributed by atoms with Crippen molar-refractivity contribution in [3.63, 3.8) is 0 Å². The van der Waals surface area contributed by atoms with Gasteiger partial charge in [0, 0.05) is 24.0 Å². The molecule has 0 spiro atoms. The van der Waals surface area contributed by atoms with Gasteiger partial charge in [-0.2, -0.15) is 0 Å². The second-order valence-corrected chi connectivity index (χ2v) is 8.28. The molecule has 2 heterocycles. The van der Waals surface area contributed by atoms with Crippen LogP contribution in [-0.2, 0) is 21.1 Å². The summed E-state index contributed by atoms with van der Waals surface area (Å²) in [5.41, 5.74) is 1.03. The summed E-state index contributed by atoms with van der Waals surface area (Å²) in [5.74, 6) is 0.188. The third-order valence-electron chi connectivity index (χ3n) is 4.15. The first-order valence-corrected chi connectivity index (χ1v) is 8.80. The molecule has 2 saturated heterocycles. The molecule has 1 amide bonds. The smallest absolute Gasteiger partial charge is 0.223 e. The number of nitrogens with zero attached hydrogens (tertiary/aromatic N) is 1. The van der Waals surface area contributed by atoms with Crippen LogP contribution in [0.4, 0.5) is 0 Å². The molecule has 2 aliphatic heterocycles. The molecule has 1 aromatic rings. The number of rotatable bonds is 3. The van der Waals surface area contributed by atoms with Crippen molar-refractivity contribution in [2.45, 2.75) is 30.6 Å². The third kappa shape index (κ3) is 2.56. The Morgan fingerprint density at radius 3 is 2.80 bits per heavy atom. The van der Waals surface area contributed by atoms with Crippen LogP contribution in [-0.4, -0.2) is 42.8 Å². The highest BCUT2D eigenvalue weighted by Crippen LogP contribution is 2.33. The molecule has 3 rings (SSSR count). The van der Waals surface area contributed by atoms with Gasteiger partial charge in [0.1, 0.15) is 0 Å². The summed E-state index contributed by atoms with van der Waals surface area (Å²) in [6.45, 7) is 0.376. The highest BCUT2D eigenvalue weighted by molar-refractivity contribution is 7.92. The van der Waals surface area contributed by atoms with E-state index in [2.05, 4.69) is 0 Å². The van der Waals surface area contributed by atoms with Crippen molar-refractivity contribution < 1.29 is 13.2 Å². The Bertz CT molecular complexity index is 644. The number of aryl methyl sites for hydroxylation is 1. The van der Waals surface area contributed by atoms with Gasteiger partial charge in [0.15, 0.2) is 9.84 Å². The molecule has 108 valence electrons. The lowest BCUT2D eigenvalue weighted by atomic mass is 10.1. The van der Waals surface area contributed by atoms with Crippen molar-refractivity contribution in [3.8, 4) is 0 Å². The molecule has 1 aromatic carbocycles. The van der Waals surface area contributed by atoms with Gasteiger partial charge in [0.25, 0.3) is 0 Å². The Morgan fingerprint density at radius 1 is 1.40 bits per heavy atom. The molecule has 0 saturated carbocycles. The predicted octanol–water partition coefficient (Wildman–Crippen LogP) is 1.67. The number of hydrogen-bond acceptors (Lipinski definition) is 3. The van der Waals surface area contributed by atoms with Crippen LogP contribution >= 0.6 is 11.6 Å².